The van der Waals surface area contributed by atoms with Gasteiger partial charge in [-0.3, -0.25) is 0 Å². The second-order valence-electron chi connectivity index (χ2n) is 4.86. The van der Waals surface area contributed by atoms with E-state index < -0.39 is 12.2 Å². The Bertz CT molecular complexity index is 224. The molecule has 0 radical (unpaired) electrons. The first kappa shape index (κ1) is 28.5. The molecule has 0 aliphatic carbocycles. The molecule has 0 aromatic rings. The van der Waals surface area contributed by atoms with Crippen LogP contribution in [-0.2, 0) is 23.7 Å². The van der Waals surface area contributed by atoms with E-state index in [2.05, 4.69) is 30.6 Å². The molecule has 0 rings (SSSR count). The molecule has 0 aromatic carbocycles. The van der Waals surface area contributed by atoms with Crippen molar-refractivity contribution in [2.45, 2.75) is 32.0 Å². The molecule has 0 fully saturated rings. The van der Waals surface area contributed by atoms with Gasteiger partial charge in [0.05, 0.1) is 45.2 Å². The van der Waals surface area contributed by atoms with Gasteiger partial charge in [-0.25, -0.2) is 14.2 Å². The number of aliphatic hydroxyl groups is 3. The van der Waals surface area contributed by atoms with Crippen molar-refractivity contribution in [1.82, 2.24) is 0 Å². The molecule has 0 saturated carbocycles. The van der Waals surface area contributed by atoms with Gasteiger partial charge in [0.25, 0.3) is 0 Å². The van der Waals surface area contributed by atoms with E-state index in [9.17, 15) is 5.11 Å². The van der Waals surface area contributed by atoms with Gasteiger partial charge in [0.2, 0.25) is 0 Å². The second kappa shape index (κ2) is 24.9. The number of aliphatic hydroxyl groups excluding tert-OH is 3. The summed E-state index contributed by atoms with van der Waals surface area (Å²) in [4.78, 5) is 0. The van der Waals surface area contributed by atoms with E-state index in [1.807, 2.05) is 0 Å². The zero-order chi connectivity index (χ0) is 18.5. The Hall–Kier alpha value is -1.32. The van der Waals surface area contributed by atoms with E-state index in [1.54, 1.807) is 0 Å². The molecule has 25 heavy (non-hydrogen) atoms. The van der Waals surface area contributed by atoms with E-state index in [4.69, 9.17) is 24.4 Å². The minimum atomic E-state index is -0.649. The fraction of sp³-hybridized carbons (Fsp3) is 0.875. The van der Waals surface area contributed by atoms with E-state index >= 15 is 0 Å². The van der Waals surface area contributed by atoms with E-state index in [1.165, 1.54) is 0 Å². The Morgan fingerprint density at radius 1 is 0.760 bits per heavy atom. The van der Waals surface area contributed by atoms with Crippen LogP contribution in [0.25, 0.3) is 0 Å². The zero-order valence-corrected chi connectivity index (χ0v) is 21.8. The van der Waals surface area contributed by atoms with Crippen molar-refractivity contribution in [1.29, 1.82) is 0 Å². The Morgan fingerprint density at radius 2 is 1.32 bits per heavy atom. The fourth-order valence-corrected chi connectivity index (χ4v) is 1.37. The number of hydrogen-bond acceptors (Lipinski definition) is 8. The summed E-state index contributed by atoms with van der Waals surface area (Å²) in [5.41, 5.74) is 0. The smallest absolute Gasteiger partial charge is 0.0976 e. The molecule has 0 amide bonds. The maximum Gasteiger partial charge on any atom is 0.0976 e. The van der Waals surface area contributed by atoms with Crippen LogP contribution in [0, 0.1) is 14.2 Å². The van der Waals surface area contributed by atoms with Gasteiger partial charge in [0, 0.05) is 26.4 Å². The molecular weight excluding hydrogens is 587 g/mol. The van der Waals surface area contributed by atoms with Crippen LogP contribution in [0.5, 0.6) is 0 Å². The predicted octanol–water partition coefficient (Wildman–Crippen LogP) is 0.153. The van der Waals surface area contributed by atoms with Crippen molar-refractivity contribution in [3.8, 4) is 0 Å². The second-order valence-corrected chi connectivity index (χ2v) is 4.86. The first-order valence-corrected chi connectivity index (χ1v) is 8.06. The van der Waals surface area contributed by atoms with Crippen LogP contribution in [0.15, 0.2) is 0 Å². The summed E-state index contributed by atoms with van der Waals surface area (Å²) in [6.45, 7) is 5.38. The molecule has 0 bridgehead atoms. The molecule has 0 aromatic heterocycles. The standard InChI is InChI=1S/C10H21O4.C6H13O4.Rf/c1-3-5-13-7-8-14-6-4-10(11)9-12-2;1-9-4-6(8)5-10-3-2-7;/h10-11H,2-9H2,1H3;6-8H,1-5H2;/q2*-1;. The van der Waals surface area contributed by atoms with Crippen LogP contribution in [0.3, 0.4) is 0 Å². The number of hydrogen-bond donors (Lipinski definition) is 3. The molecule has 3 N–H and O–H groups in total. The molecule has 2 unspecified atom stereocenters. The predicted molar refractivity (Wildman–Crippen MR) is 89.1 cm³/mol. The molecule has 0 spiro atoms. The molecule has 150 valence electrons. The number of rotatable bonds is 16. The van der Waals surface area contributed by atoms with Gasteiger partial charge in [-0.1, -0.05) is 6.92 Å². The van der Waals surface area contributed by atoms with Crippen molar-refractivity contribution in [3.05, 3.63) is 14.2 Å². The third-order valence-electron chi connectivity index (χ3n) is 2.48. The fourth-order valence-electron chi connectivity index (χ4n) is 1.37. The summed E-state index contributed by atoms with van der Waals surface area (Å²) < 4.78 is 24.2. The summed E-state index contributed by atoms with van der Waals surface area (Å²) in [7, 11) is 6.27. The Kier molecular flexibility index (Phi) is 28.4. The van der Waals surface area contributed by atoms with Crippen LogP contribution >= 0.6 is 0 Å². The average molecular weight is 621 g/mol. The summed E-state index contributed by atoms with van der Waals surface area (Å²) >= 11 is 0. The summed E-state index contributed by atoms with van der Waals surface area (Å²) in [5, 5.41) is 26.4. The Labute approximate surface area is 145 Å². The first-order valence-electron chi connectivity index (χ1n) is 8.06. The largest absolute Gasteiger partial charge is 0.553 e. The van der Waals surface area contributed by atoms with E-state index in [0.29, 0.717) is 26.2 Å². The van der Waals surface area contributed by atoms with Gasteiger partial charge in [-0.2, -0.15) is 0 Å². The molecule has 0 aliphatic rings. The van der Waals surface area contributed by atoms with Crippen LogP contribution in [0.1, 0.15) is 19.8 Å². The van der Waals surface area contributed by atoms with Crippen molar-refractivity contribution >= 4 is 0 Å². The Morgan fingerprint density at radius 3 is 1.84 bits per heavy atom. The Balaban J connectivity index is -0.000000392. The van der Waals surface area contributed by atoms with Crippen LogP contribution in [-0.4, -0.2) is 87.0 Å². The van der Waals surface area contributed by atoms with E-state index in [0.717, 1.165) is 13.0 Å². The maximum atomic E-state index is 9.21. The molecular formula is C16H34O8Rf-2. The normalized spacial score (nSPS) is 12.7. The molecule has 0 heterocycles. The minimum absolute atomic E-state index is 0. The topological polar surface area (TPSA) is 107 Å². The van der Waals surface area contributed by atoms with Gasteiger partial charge < -0.3 is 39.0 Å². The van der Waals surface area contributed by atoms with Crippen molar-refractivity contribution in [2.75, 3.05) is 59.5 Å². The van der Waals surface area contributed by atoms with Crippen LogP contribution in [0.2, 0.25) is 0 Å². The SMILES string of the molecule is [CH2-]OCC(O)CCOCCOCCC.[CH2-]OCC(O)COCCO.[Rf]. The molecule has 0 saturated heterocycles. The maximum absolute atomic E-state index is 9.21. The summed E-state index contributed by atoms with van der Waals surface area (Å²) in [6.07, 6.45) is 0.469. The number of ether oxygens (including phenoxy) is 5. The quantitative estimate of drug-likeness (QED) is 0.165. The van der Waals surface area contributed by atoms with Crippen molar-refractivity contribution < 1.29 is 39.0 Å². The van der Waals surface area contributed by atoms with Gasteiger partial charge >= 0.3 is 0 Å². The average Bonchev–Trinajstić information content (AvgIpc) is 2.55. The third kappa shape index (κ3) is 27.8. The molecule has 9 heteroatoms. The van der Waals surface area contributed by atoms with Gasteiger partial charge in [-0.05, 0) is 12.8 Å². The van der Waals surface area contributed by atoms with Crippen molar-refractivity contribution in [2.24, 2.45) is 0 Å². The van der Waals surface area contributed by atoms with Gasteiger partial charge in [-0.15, -0.1) is 0 Å². The minimum Gasteiger partial charge on any atom is -0.553 e. The van der Waals surface area contributed by atoms with Gasteiger partial charge in [0.15, 0.2) is 0 Å². The van der Waals surface area contributed by atoms with Crippen LogP contribution in [0.4, 0.5) is 0 Å². The summed E-state index contributed by atoms with van der Waals surface area (Å²) in [5.74, 6) is 0. The van der Waals surface area contributed by atoms with Gasteiger partial charge in [0.1, 0.15) is 0 Å². The third-order valence-corrected chi connectivity index (χ3v) is 2.48. The van der Waals surface area contributed by atoms with Crippen molar-refractivity contribution in [3.63, 3.8) is 0 Å². The zero-order valence-electron chi connectivity index (χ0n) is 15.4. The van der Waals surface area contributed by atoms with E-state index in [-0.39, 0.29) is 33.0 Å². The molecule has 8 nitrogen and oxygen atoms in total. The first-order chi connectivity index (χ1) is 11.6. The molecule has 0 aliphatic heterocycles. The monoisotopic (exact) mass is 621 g/mol. The summed E-state index contributed by atoms with van der Waals surface area (Å²) in [6, 6.07) is 0. The molecule has 2 atom stereocenters. The van der Waals surface area contributed by atoms with Crippen LogP contribution < -0.4 is 0 Å².